The quantitative estimate of drug-likeness (QED) is 0.0328. The van der Waals surface area contributed by atoms with Gasteiger partial charge >= 0.3 is 30.1 Å². The SMILES string of the molecule is COCCN1C(=O)CC(c2ccc(Cl)cc2)C(C(=O)OCc2ccc(Cl)cc2)=C1C.COCCN1C(=O)CC(c2ccc(Cl)cc2)C(C(=O)OCc2cccc(Cl)c2)=C1C.COCCN1C(=O)CC(c2ccc(Cl)cc2)C(C(=O)OCc2ccccc2C(F)(F)F)=C1C.COCCN1C(=O)CC(c2ccc(Cl)cc2)C(C(=O)OCc2ccccc2Cl)=C1C. The summed E-state index contributed by atoms with van der Waals surface area (Å²) >= 11 is 42.1. The minimum absolute atomic E-state index is 0.00621. The number of carbonyl (C=O) groups is 8. The number of hydrogen-bond acceptors (Lipinski definition) is 16. The lowest BCUT2D eigenvalue weighted by Gasteiger charge is -2.34. The van der Waals surface area contributed by atoms with Crippen LogP contribution in [-0.4, -0.2) is 148 Å². The first-order valence-corrected chi connectivity index (χ1v) is 41.6. The Labute approximate surface area is 747 Å². The Balaban J connectivity index is 0.000000186. The third-order valence-corrected chi connectivity index (χ3v) is 22.7. The topological polar surface area (TPSA) is 223 Å². The summed E-state index contributed by atoms with van der Waals surface area (Å²) in [6.45, 7) is 9.38. The fourth-order valence-corrected chi connectivity index (χ4v) is 15.5. The zero-order valence-electron chi connectivity index (χ0n) is 68.7. The fraction of sp³-hybridized carbons (Fsp3) is 0.312. The van der Waals surface area contributed by atoms with Gasteiger partial charge in [-0.15, -0.1) is 0 Å². The number of rotatable bonds is 28. The van der Waals surface area contributed by atoms with E-state index in [-0.39, 0.29) is 93.4 Å². The Morgan fingerprint density at radius 1 is 0.333 bits per heavy atom. The highest BCUT2D eigenvalue weighted by atomic mass is 35.5. The van der Waals surface area contributed by atoms with Crippen molar-refractivity contribution in [1.29, 1.82) is 0 Å². The molecule has 0 saturated carbocycles. The molecule has 0 aromatic heterocycles. The summed E-state index contributed by atoms with van der Waals surface area (Å²) in [7, 11) is 6.22. The van der Waals surface area contributed by atoms with Gasteiger partial charge in [0, 0.05) is 173 Å². The van der Waals surface area contributed by atoms with E-state index in [1.165, 1.54) is 30.2 Å². The van der Waals surface area contributed by atoms with Crippen molar-refractivity contribution in [2.24, 2.45) is 0 Å². The molecule has 8 aromatic carbocycles. The Bertz CT molecular complexity index is 5190. The lowest BCUT2D eigenvalue weighted by Crippen LogP contribution is -2.40. The largest absolute Gasteiger partial charge is 0.457 e. The van der Waals surface area contributed by atoms with Crippen molar-refractivity contribution in [3.63, 3.8) is 0 Å². The monoisotopic (exact) mass is 1820 g/mol. The van der Waals surface area contributed by atoms with Crippen LogP contribution >= 0.6 is 81.2 Å². The van der Waals surface area contributed by atoms with Crippen molar-refractivity contribution in [1.82, 2.24) is 19.6 Å². The first-order valence-electron chi connectivity index (χ1n) is 38.9. The van der Waals surface area contributed by atoms with E-state index in [9.17, 15) is 51.5 Å². The third-order valence-electron chi connectivity index (χ3n) is 20.9. The number of ether oxygens (including phenoxy) is 8. The second-order valence-electron chi connectivity index (χ2n) is 28.7. The Morgan fingerprint density at radius 2 is 0.610 bits per heavy atom. The number of alkyl halides is 3. The molecule has 0 saturated heterocycles. The van der Waals surface area contributed by atoms with E-state index in [1.54, 1.807) is 161 Å². The molecule has 650 valence electrons. The zero-order chi connectivity index (χ0) is 89.2. The highest BCUT2D eigenvalue weighted by molar-refractivity contribution is 6.32. The van der Waals surface area contributed by atoms with Crippen molar-refractivity contribution in [2.75, 3.05) is 81.0 Å². The Kier molecular flexibility index (Phi) is 36.8. The average Bonchev–Trinajstić information content (AvgIpc) is 0.791. The minimum Gasteiger partial charge on any atom is -0.457 e. The van der Waals surface area contributed by atoms with Gasteiger partial charge in [0.15, 0.2) is 0 Å². The van der Waals surface area contributed by atoms with Gasteiger partial charge in [-0.05, 0) is 146 Å². The molecule has 4 unspecified atom stereocenters. The highest BCUT2D eigenvalue weighted by Crippen LogP contribution is 2.43. The molecule has 20 nitrogen and oxygen atoms in total. The van der Waals surface area contributed by atoms with E-state index in [4.69, 9.17) is 119 Å². The zero-order valence-corrected chi connectivity index (χ0v) is 74.0. The predicted octanol–water partition coefficient (Wildman–Crippen LogP) is 20.3. The van der Waals surface area contributed by atoms with Crippen LogP contribution in [0.15, 0.2) is 239 Å². The van der Waals surface area contributed by atoms with Crippen LogP contribution < -0.4 is 0 Å². The minimum atomic E-state index is -4.57. The average molecular weight is 1830 g/mol. The Morgan fingerprint density at radius 3 is 0.911 bits per heavy atom. The molecule has 0 spiro atoms. The van der Waals surface area contributed by atoms with Crippen LogP contribution in [0, 0.1) is 0 Å². The number of methoxy groups -OCH3 is 4. The molecule has 0 fully saturated rings. The maximum absolute atomic E-state index is 13.3. The molecule has 4 atom stereocenters. The molecule has 4 heterocycles. The van der Waals surface area contributed by atoms with Crippen LogP contribution in [0.2, 0.25) is 35.2 Å². The van der Waals surface area contributed by atoms with Gasteiger partial charge in [-0.1, -0.05) is 190 Å². The van der Waals surface area contributed by atoms with Gasteiger partial charge in [0.05, 0.1) is 54.3 Å². The van der Waals surface area contributed by atoms with Crippen LogP contribution in [0.1, 0.15) is 127 Å². The van der Waals surface area contributed by atoms with Gasteiger partial charge in [-0.25, -0.2) is 19.2 Å². The van der Waals surface area contributed by atoms with Crippen LogP contribution in [0.3, 0.4) is 0 Å². The van der Waals surface area contributed by atoms with Gasteiger partial charge in [-0.2, -0.15) is 13.2 Å². The normalized spacial score (nSPS) is 16.8. The summed E-state index contributed by atoms with van der Waals surface area (Å²) in [5.74, 6) is -4.34. The second-order valence-corrected chi connectivity index (χ2v) is 31.7. The van der Waals surface area contributed by atoms with Crippen molar-refractivity contribution in [3.05, 3.63) is 324 Å². The van der Waals surface area contributed by atoms with Crippen molar-refractivity contribution >= 4 is 129 Å². The molecule has 0 aliphatic carbocycles. The molecule has 12 rings (SSSR count). The third kappa shape index (κ3) is 26.6. The molecule has 4 aliphatic heterocycles. The van der Waals surface area contributed by atoms with Crippen LogP contribution in [0.5, 0.6) is 0 Å². The maximum Gasteiger partial charge on any atom is 0.416 e. The van der Waals surface area contributed by atoms with E-state index in [2.05, 4.69) is 0 Å². The van der Waals surface area contributed by atoms with Gasteiger partial charge < -0.3 is 57.5 Å². The van der Waals surface area contributed by atoms with E-state index in [0.29, 0.717) is 120 Å². The predicted molar refractivity (Wildman–Crippen MR) is 465 cm³/mol. The van der Waals surface area contributed by atoms with Crippen LogP contribution in [0.4, 0.5) is 13.2 Å². The molecular formula is C93H92Cl7F3N4O16. The van der Waals surface area contributed by atoms with E-state index in [0.717, 1.165) is 39.4 Å². The molecule has 0 N–H and O–H groups in total. The molecule has 4 aliphatic rings. The summed E-state index contributed by atoms with van der Waals surface area (Å²) in [4.78, 5) is 110. The number of carbonyl (C=O) groups excluding carboxylic acids is 8. The van der Waals surface area contributed by atoms with Crippen molar-refractivity contribution in [3.8, 4) is 0 Å². The maximum atomic E-state index is 13.3. The van der Waals surface area contributed by atoms with Crippen LogP contribution in [0.25, 0.3) is 0 Å². The fourth-order valence-electron chi connectivity index (χ4n) is 14.5. The summed E-state index contributed by atoms with van der Waals surface area (Å²) < 4.78 is 82.5. The van der Waals surface area contributed by atoms with Gasteiger partial charge in [0.2, 0.25) is 23.6 Å². The lowest BCUT2D eigenvalue weighted by atomic mass is 9.83. The molecule has 0 radical (unpaired) electrons. The van der Waals surface area contributed by atoms with Gasteiger partial charge in [-0.3, -0.25) is 19.2 Å². The van der Waals surface area contributed by atoms with E-state index < -0.39 is 65.9 Å². The van der Waals surface area contributed by atoms with Crippen LogP contribution in [-0.2, 0) is 109 Å². The summed E-state index contributed by atoms with van der Waals surface area (Å²) in [6, 6.07) is 54.7. The Hall–Kier alpha value is -9.86. The standard InChI is InChI=1S/C24H23ClF3NO4.3C23H23Cl2NO4/c1-15-22(23(31)33-14-17-5-3-4-6-20(17)24(26,27)28)19(16-7-9-18(25)10-8-16)13-21(30)29(15)11-12-32-2;1-15-22(23(28)30-14-16-3-7-18(24)8-4-16)20(17-5-9-19(25)10-6-17)13-21(27)26(15)11-12-29-2;1-15-22(23(28)30-14-16-4-3-5-19(25)12-16)20(17-6-8-18(24)9-7-17)13-21(27)26(15)10-11-29-2;1-15-22(23(28)30-14-17-5-3-4-6-20(17)25)19(16-7-9-18(24)10-8-16)13-21(27)26(15)11-12-29-2/h3-10,19H,11-14H2,1-2H3;3-10,20H,11-14H2,1-2H3;3-9,12,20H,10-11,13-14H2,1-2H3;3-10,19H,11-14H2,1-2H3. The molecule has 4 amide bonds. The molecular weight excluding hydrogens is 1730 g/mol. The molecule has 8 aromatic rings. The number of esters is 4. The first kappa shape index (κ1) is 97.0. The molecule has 123 heavy (non-hydrogen) atoms. The number of nitrogens with zero attached hydrogens (tertiary/aromatic N) is 4. The highest BCUT2D eigenvalue weighted by Gasteiger charge is 2.42. The van der Waals surface area contributed by atoms with E-state index >= 15 is 0 Å². The number of amides is 4. The van der Waals surface area contributed by atoms with E-state index in [1.807, 2.05) is 72.8 Å². The van der Waals surface area contributed by atoms with Crippen molar-refractivity contribution < 1.29 is 89.4 Å². The summed E-state index contributed by atoms with van der Waals surface area (Å²) in [5.41, 5.74) is 8.29. The number of halogens is 10. The van der Waals surface area contributed by atoms with Gasteiger partial charge in [0.25, 0.3) is 0 Å². The summed E-state index contributed by atoms with van der Waals surface area (Å²) in [6.07, 6.45) is -4.05. The molecule has 30 heteroatoms. The lowest BCUT2D eigenvalue weighted by molar-refractivity contribution is -0.145. The summed E-state index contributed by atoms with van der Waals surface area (Å²) in [5, 5.41) is 4.00. The second kappa shape index (κ2) is 46.7. The molecule has 0 bridgehead atoms. The first-order chi connectivity index (χ1) is 58.8. The number of hydrogen-bond donors (Lipinski definition) is 0. The smallest absolute Gasteiger partial charge is 0.416 e. The van der Waals surface area contributed by atoms with Crippen molar-refractivity contribution in [2.45, 2.75) is 110 Å². The van der Waals surface area contributed by atoms with Gasteiger partial charge in [0.1, 0.15) is 26.4 Å². The number of allylic oxidation sites excluding steroid dienone is 4. The number of benzene rings is 8.